The molecule has 2 saturated heterocycles. The molecule has 0 saturated carbocycles. The minimum absolute atomic E-state index is 0.234. The molecular formula is C20H20N4O3. The van der Waals surface area contributed by atoms with E-state index in [-0.39, 0.29) is 5.92 Å². The third kappa shape index (κ3) is 2.11. The van der Waals surface area contributed by atoms with E-state index in [1.54, 1.807) is 38.3 Å². The molecule has 4 unspecified atom stereocenters. The van der Waals surface area contributed by atoms with Crippen LogP contribution in [0.25, 0.3) is 0 Å². The van der Waals surface area contributed by atoms with Crippen LogP contribution in [0.2, 0.25) is 0 Å². The average molecular weight is 364 g/mol. The molecule has 3 rings (SSSR count). The summed E-state index contributed by atoms with van der Waals surface area (Å²) in [6.07, 6.45) is -0.880. The maximum Gasteiger partial charge on any atom is 0.218 e. The summed E-state index contributed by atoms with van der Waals surface area (Å²) in [6.45, 7) is 5.29. The molecule has 0 amide bonds. The number of nitrogens with one attached hydrogen (secondary N) is 1. The summed E-state index contributed by atoms with van der Waals surface area (Å²) in [5.41, 5.74) is -3.03. The van der Waals surface area contributed by atoms with Crippen LogP contribution in [0.4, 0.5) is 0 Å². The molecule has 27 heavy (non-hydrogen) atoms. The molecule has 1 N–H and O–H groups in total. The number of hydrogen-bond donors (Lipinski definition) is 1. The molecule has 7 heteroatoms. The maximum atomic E-state index is 10.2. The summed E-state index contributed by atoms with van der Waals surface area (Å²) >= 11 is 0. The van der Waals surface area contributed by atoms with Gasteiger partial charge in [0, 0.05) is 6.92 Å². The van der Waals surface area contributed by atoms with Gasteiger partial charge >= 0.3 is 0 Å². The first-order valence-electron chi connectivity index (χ1n) is 8.60. The Hall–Kier alpha value is -3.08. The molecule has 0 radical (unpaired) electrons. The van der Waals surface area contributed by atoms with Crippen molar-refractivity contribution in [3.63, 3.8) is 0 Å². The Kier molecular flexibility index (Phi) is 4.14. The van der Waals surface area contributed by atoms with Gasteiger partial charge < -0.3 is 14.2 Å². The quantitative estimate of drug-likeness (QED) is 0.879. The first kappa shape index (κ1) is 18.7. The molecule has 1 aromatic carbocycles. The molecule has 2 aliphatic heterocycles. The maximum absolute atomic E-state index is 10.2. The third-order valence-electron chi connectivity index (χ3n) is 5.61. The SMILES string of the molecule is COc1ccc(C2C3(C)OC(=N)C2(C#N)C(C#N)(C#N)C(C(C)C)O3)cc1. The van der Waals surface area contributed by atoms with Gasteiger partial charge in [-0.2, -0.15) is 15.8 Å². The Morgan fingerprint density at radius 1 is 1.11 bits per heavy atom. The van der Waals surface area contributed by atoms with Gasteiger partial charge in [0.05, 0.1) is 37.3 Å². The minimum atomic E-state index is -1.88. The summed E-state index contributed by atoms with van der Waals surface area (Å²) < 4.78 is 17.1. The molecule has 1 aromatic rings. The van der Waals surface area contributed by atoms with Crippen molar-refractivity contribution in [2.45, 2.75) is 38.6 Å². The molecule has 4 atom stereocenters. The average Bonchev–Trinajstić information content (AvgIpc) is 2.84. The fourth-order valence-electron chi connectivity index (χ4n) is 4.45. The zero-order chi connectivity index (χ0) is 20.0. The first-order chi connectivity index (χ1) is 12.8. The lowest BCUT2D eigenvalue weighted by atomic mass is 9.52. The van der Waals surface area contributed by atoms with E-state index in [1.807, 2.05) is 26.0 Å². The van der Waals surface area contributed by atoms with E-state index in [1.165, 1.54) is 0 Å². The highest BCUT2D eigenvalue weighted by Gasteiger charge is 2.79. The van der Waals surface area contributed by atoms with Crippen molar-refractivity contribution in [1.82, 2.24) is 0 Å². The fourth-order valence-corrected chi connectivity index (χ4v) is 4.45. The largest absolute Gasteiger partial charge is 0.497 e. The fraction of sp³-hybridized carbons (Fsp3) is 0.500. The van der Waals surface area contributed by atoms with Crippen LogP contribution in [0, 0.1) is 56.2 Å². The van der Waals surface area contributed by atoms with Crippen molar-refractivity contribution >= 4 is 5.90 Å². The lowest BCUT2D eigenvalue weighted by Crippen LogP contribution is -2.62. The highest BCUT2D eigenvalue weighted by molar-refractivity contribution is 5.90. The van der Waals surface area contributed by atoms with Crippen LogP contribution in [0.3, 0.4) is 0 Å². The van der Waals surface area contributed by atoms with E-state index in [9.17, 15) is 15.8 Å². The predicted octanol–water partition coefficient (Wildman–Crippen LogP) is 3.10. The Bertz CT molecular complexity index is 891. The van der Waals surface area contributed by atoms with Crippen LogP contribution < -0.4 is 4.74 Å². The van der Waals surface area contributed by atoms with E-state index in [2.05, 4.69) is 6.07 Å². The number of nitriles is 3. The Morgan fingerprint density at radius 3 is 2.15 bits per heavy atom. The van der Waals surface area contributed by atoms with Gasteiger partial charge in [0.15, 0.2) is 10.8 Å². The zero-order valence-electron chi connectivity index (χ0n) is 15.6. The molecular weight excluding hydrogens is 344 g/mol. The van der Waals surface area contributed by atoms with E-state index in [0.29, 0.717) is 11.3 Å². The van der Waals surface area contributed by atoms with Gasteiger partial charge in [0.1, 0.15) is 5.75 Å². The molecule has 2 heterocycles. The number of fused-ring (bicyclic) bond motifs is 2. The zero-order valence-corrected chi connectivity index (χ0v) is 15.6. The second-order valence-corrected chi connectivity index (χ2v) is 7.39. The topological polar surface area (TPSA) is 123 Å². The summed E-state index contributed by atoms with van der Waals surface area (Å²) in [7, 11) is 1.54. The Labute approximate surface area is 158 Å². The van der Waals surface area contributed by atoms with Crippen molar-refractivity contribution < 1.29 is 14.2 Å². The minimum Gasteiger partial charge on any atom is -0.497 e. The number of nitrogens with zero attached hydrogens (tertiary/aromatic N) is 3. The Balaban J connectivity index is 2.33. The summed E-state index contributed by atoms with van der Waals surface area (Å²) in [6, 6.07) is 13.1. The van der Waals surface area contributed by atoms with Crippen molar-refractivity contribution in [3.8, 4) is 24.0 Å². The smallest absolute Gasteiger partial charge is 0.218 e. The van der Waals surface area contributed by atoms with Crippen molar-refractivity contribution in [3.05, 3.63) is 29.8 Å². The summed E-state index contributed by atoms with van der Waals surface area (Å²) in [4.78, 5) is 0. The Morgan fingerprint density at radius 2 is 1.70 bits per heavy atom. The van der Waals surface area contributed by atoms with E-state index >= 15 is 0 Å². The van der Waals surface area contributed by atoms with Gasteiger partial charge in [-0.3, -0.25) is 5.41 Å². The summed E-state index contributed by atoms with van der Waals surface area (Å²) in [5.74, 6) is -2.17. The van der Waals surface area contributed by atoms with Gasteiger partial charge in [-0.1, -0.05) is 26.0 Å². The lowest BCUT2D eigenvalue weighted by Gasteiger charge is -2.50. The van der Waals surface area contributed by atoms with Gasteiger partial charge in [-0.05, 0) is 23.6 Å². The lowest BCUT2D eigenvalue weighted by molar-refractivity contribution is -0.260. The normalized spacial score (nSPS) is 33.5. The van der Waals surface area contributed by atoms with Crippen molar-refractivity contribution in [1.29, 1.82) is 21.2 Å². The molecule has 0 aliphatic carbocycles. The standard InChI is InChI=1S/C20H20N4O3/c1-12(2)16-19(9-21,10-22)20(11-23)15(18(3,26-16)27-17(20)24)13-5-7-14(25-4)8-6-13/h5-8,12,15-16,24H,1-4H3. The second-order valence-electron chi connectivity index (χ2n) is 7.39. The van der Waals surface area contributed by atoms with Crippen molar-refractivity contribution in [2.75, 3.05) is 7.11 Å². The molecule has 2 fully saturated rings. The second kappa shape index (κ2) is 5.98. The molecule has 0 spiro atoms. The summed E-state index contributed by atoms with van der Waals surface area (Å²) in [5, 5.41) is 38.8. The number of ether oxygens (including phenoxy) is 3. The molecule has 7 nitrogen and oxygen atoms in total. The van der Waals surface area contributed by atoms with Gasteiger partial charge in [0.2, 0.25) is 11.7 Å². The number of benzene rings is 1. The first-order valence-corrected chi connectivity index (χ1v) is 8.60. The molecule has 138 valence electrons. The van der Waals surface area contributed by atoms with Gasteiger partial charge in [0.25, 0.3) is 0 Å². The van der Waals surface area contributed by atoms with Gasteiger partial charge in [-0.15, -0.1) is 0 Å². The van der Waals surface area contributed by atoms with E-state index in [4.69, 9.17) is 19.6 Å². The van der Waals surface area contributed by atoms with Crippen molar-refractivity contribution in [2.24, 2.45) is 16.7 Å². The molecule has 2 aliphatic rings. The highest BCUT2D eigenvalue weighted by Crippen LogP contribution is 2.66. The van der Waals surface area contributed by atoms with Gasteiger partial charge in [-0.25, -0.2) is 0 Å². The van der Waals surface area contributed by atoms with E-state index < -0.39 is 34.5 Å². The predicted molar refractivity (Wildman–Crippen MR) is 94.4 cm³/mol. The van der Waals surface area contributed by atoms with Crippen LogP contribution >= 0.6 is 0 Å². The van der Waals surface area contributed by atoms with Crippen LogP contribution in [-0.4, -0.2) is 24.9 Å². The molecule has 0 aromatic heterocycles. The van der Waals surface area contributed by atoms with Crippen LogP contribution in [0.15, 0.2) is 24.3 Å². The van der Waals surface area contributed by atoms with Crippen LogP contribution in [0.1, 0.15) is 32.3 Å². The van der Waals surface area contributed by atoms with Crippen LogP contribution in [-0.2, 0) is 9.47 Å². The number of rotatable bonds is 3. The number of hydrogen-bond acceptors (Lipinski definition) is 7. The third-order valence-corrected chi connectivity index (χ3v) is 5.61. The molecule has 2 bridgehead atoms. The monoisotopic (exact) mass is 364 g/mol. The van der Waals surface area contributed by atoms with E-state index in [0.717, 1.165) is 0 Å². The highest BCUT2D eigenvalue weighted by atomic mass is 16.7. The number of methoxy groups -OCH3 is 1. The van der Waals surface area contributed by atoms with Crippen LogP contribution in [0.5, 0.6) is 5.75 Å².